The van der Waals surface area contributed by atoms with Gasteiger partial charge in [0.15, 0.2) is 0 Å². The van der Waals surface area contributed by atoms with Gasteiger partial charge in [-0.1, -0.05) is 43.7 Å². The van der Waals surface area contributed by atoms with E-state index in [9.17, 15) is 9.59 Å². The Labute approximate surface area is 113 Å². The van der Waals surface area contributed by atoms with Crippen molar-refractivity contribution in [2.45, 2.75) is 33.4 Å². The van der Waals surface area contributed by atoms with Crippen molar-refractivity contribution < 1.29 is 9.59 Å². The van der Waals surface area contributed by atoms with Crippen molar-refractivity contribution in [3.8, 4) is 0 Å². The van der Waals surface area contributed by atoms with E-state index in [1.807, 2.05) is 45.0 Å². The minimum absolute atomic E-state index is 0.00942. The molecule has 2 rings (SSSR count). The highest BCUT2D eigenvalue weighted by atomic mass is 16.2. The Bertz CT molecular complexity index is 479. The van der Waals surface area contributed by atoms with Gasteiger partial charge in [0.25, 0.3) is 0 Å². The molecule has 0 aliphatic carbocycles. The van der Waals surface area contributed by atoms with E-state index in [1.54, 1.807) is 4.90 Å². The first kappa shape index (κ1) is 13.6. The van der Waals surface area contributed by atoms with Crippen LogP contribution in [-0.4, -0.2) is 29.3 Å². The number of nitrogens with one attached hydrogen (secondary N) is 1. The zero-order valence-corrected chi connectivity index (χ0v) is 11.6. The van der Waals surface area contributed by atoms with Gasteiger partial charge in [-0.15, -0.1) is 0 Å². The van der Waals surface area contributed by atoms with Crippen molar-refractivity contribution >= 4 is 11.8 Å². The fraction of sp³-hybridized carbons (Fsp3) is 0.467. The maximum Gasteiger partial charge on any atom is 0.246 e. The van der Waals surface area contributed by atoms with E-state index in [0.29, 0.717) is 6.54 Å². The molecule has 0 aromatic heterocycles. The molecule has 0 radical (unpaired) electrons. The molecule has 102 valence electrons. The predicted molar refractivity (Wildman–Crippen MR) is 73.4 cm³/mol. The summed E-state index contributed by atoms with van der Waals surface area (Å²) in [6, 6.07) is 7.64. The third-order valence-corrected chi connectivity index (χ3v) is 3.39. The Kier molecular flexibility index (Phi) is 3.88. The molecule has 0 bridgehead atoms. The summed E-state index contributed by atoms with van der Waals surface area (Å²) in [6.07, 6.45) is 0. The van der Waals surface area contributed by atoms with Gasteiger partial charge in [0, 0.05) is 6.54 Å². The SMILES string of the molecule is Cc1ccc(CN2CC(=O)NC(C(C)C)C2=O)cc1. The van der Waals surface area contributed by atoms with E-state index in [4.69, 9.17) is 0 Å². The Balaban J connectivity index is 2.12. The number of nitrogens with zero attached hydrogens (tertiary/aromatic N) is 1. The number of hydrogen-bond donors (Lipinski definition) is 1. The van der Waals surface area contributed by atoms with E-state index in [0.717, 1.165) is 5.56 Å². The standard InChI is InChI=1S/C15H20N2O2/c1-10(2)14-15(19)17(9-13(18)16-14)8-12-6-4-11(3)5-7-12/h4-7,10,14H,8-9H2,1-3H3,(H,16,18). The van der Waals surface area contributed by atoms with Gasteiger partial charge in [-0.3, -0.25) is 9.59 Å². The zero-order chi connectivity index (χ0) is 14.0. The molecular weight excluding hydrogens is 240 g/mol. The van der Waals surface area contributed by atoms with Crippen molar-refractivity contribution in [3.05, 3.63) is 35.4 Å². The molecule has 1 aliphatic heterocycles. The van der Waals surface area contributed by atoms with Gasteiger partial charge in [0.2, 0.25) is 11.8 Å². The first-order valence-electron chi connectivity index (χ1n) is 6.61. The molecule has 4 heteroatoms. The van der Waals surface area contributed by atoms with E-state index >= 15 is 0 Å². The highest BCUT2D eigenvalue weighted by molar-refractivity contribution is 5.94. The molecule has 0 spiro atoms. The van der Waals surface area contributed by atoms with Gasteiger partial charge in [0.1, 0.15) is 6.04 Å². The highest BCUT2D eigenvalue weighted by Gasteiger charge is 2.34. The van der Waals surface area contributed by atoms with Gasteiger partial charge in [-0.05, 0) is 18.4 Å². The number of carbonyl (C=O) groups excluding carboxylic acids is 2. The molecule has 1 unspecified atom stereocenters. The summed E-state index contributed by atoms with van der Waals surface area (Å²) >= 11 is 0. The quantitative estimate of drug-likeness (QED) is 0.895. The van der Waals surface area contributed by atoms with E-state index < -0.39 is 6.04 Å². The summed E-state index contributed by atoms with van der Waals surface area (Å²) in [5.74, 6) is 0.0397. The lowest BCUT2D eigenvalue weighted by Gasteiger charge is -2.34. The number of carbonyl (C=O) groups is 2. The second kappa shape index (κ2) is 5.43. The second-order valence-corrected chi connectivity index (χ2v) is 5.47. The minimum Gasteiger partial charge on any atom is -0.343 e. The average molecular weight is 260 g/mol. The van der Waals surface area contributed by atoms with Gasteiger partial charge in [-0.25, -0.2) is 0 Å². The normalized spacial score (nSPS) is 19.8. The van der Waals surface area contributed by atoms with Gasteiger partial charge in [-0.2, -0.15) is 0 Å². The molecule has 1 atom stereocenters. The first-order valence-corrected chi connectivity index (χ1v) is 6.61. The first-order chi connectivity index (χ1) is 8.97. The number of hydrogen-bond acceptors (Lipinski definition) is 2. The molecule has 1 heterocycles. The molecule has 1 saturated heterocycles. The van der Waals surface area contributed by atoms with Crippen LogP contribution >= 0.6 is 0 Å². The fourth-order valence-electron chi connectivity index (χ4n) is 2.23. The van der Waals surface area contributed by atoms with Crippen molar-refractivity contribution in [1.82, 2.24) is 10.2 Å². The van der Waals surface area contributed by atoms with Gasteiger partial charge >= 0.3 is 0 Å². The van der Waals surface area contributed by atoms with Crippen LogP contribution in [0.2, 0.25) is 0 Å². The Morgan fingerprint density at radius 2 is 1.89 bits per heavy atom. The van der Waals surface area contributed by atoms with Crippen LogP contribution in [0.4, 0.5) is 0 Å². The summed E-state index contributed by atoms with van der Waals surface area (Å²) in [7, 11) is 0. The van der Waals surface area contributed by atoms with Crippen molar-refractivity contribution in [2.75, 3.05) is 6.54 Å². The summed E-state index contributed by atoms with van der Waals surface area (Å²) in [5.41, 5.74) is 2.24. The van der Waals surface area contributed by atoms with Crippen LogP contribution in [-0.2, 0) is 16.1 Å². The minimum atomic E-state index is -0.397. The predicted octanol–water partition coefficient (Wildman–Crippen LogP) is 1.48. The third kappa shape index (κ3) is 3.13. The van der Waals surface area contributed by atoms with E-state index in [2.05, 4.69) is 5.32 Å². The average Bonchev–Trinajstić information content (AvgIpc) is 2.35. The molecule has 2 amide bonds. The lowest BCUT2D eigenvalue weighted by molar-refractivity contribution is -0.146. The number of amides is 2. The number of rotatable bonds is 3. The maximum absolute atomic E-state index is 12.3. The van der Waals surface area contributed by atoms with Crippen LogP contribution in [0, 0.1) is 12.8 Å². The number of aryl methyl sites for hydroxylation is 1. The summed E-state index contributed by atoms with van der Waals surface area (Å²) in [6.45, 7) is 6.56. The monoisotopic (exact) mass is 260 g/mol. The molecule has 1 aliphatic rings. The van der Waals surface area contributed by atoms with Gasteiger partial charge in [0.05, 0.1) is 6.54 Å². The number of benzene rings is 1. The lowest BCUT2D eigenvalue weighted by atomic mass is 10.0. The van der Waals surface area contributed by atoms with Crippen LogP contribution in [0.5, 0.6) is 0 Å². The second-order valence-electron chi connectivity index (χ2n) is 5.47. The molecule has 1 aromatic carbocycles. The van der Waals surface area contributed by atoms with Crippen LogP contribution in [0.25, 0.3) is 0 Å². The van der Waals surface area contributed by atoms with Crippen LogP contribution in [0.1, 0.15) is 25.0 Å². The molecule has 0 saturated carbocycles. The van der Waals surface area contributed by atoms with Crippen molar-refractivity contribution in [2.24, 2.45) is 5.92 Å². The van der Waals surface area contributed by atoms with Crippen LogP contribution in [0.15, 0.2) is 24.3 Å². The highest BCUT2D eigenvalue weighted by Crippen LogP contribution is 2.14. The molecule has 1 aromatic rings. The van der Waals surface area contributed by atoms with Crippen molar-refractivity contribution in [3.63, 3.8) is 0 Å². The summed E-state index contributed by atoms with van der Waals surface area (Å²) in [5, 5.41) is 2.76. The maximum atomic E-state index is 12.3. The number of piperazine rings is 1. The topological polar surface area (TPSA) is 49.4 Å². The lowest BCUT2D eigenvalue weighted by Crippen LogP contribution is -2.59. The van der Waals surface area contributed by atoms with E-state index in [1.165, 1.54) is 5.56 Å². The Morgan fingerprint density at radius 3 is 2.47 bits per heavy atom. The van der Waals surface area contributed by atoms with Crippen LogP contribution < -0.4 is 5.32 Å². The zero-order valence-electron chi connectivity index (χ0n) is 11.6. The summed E-state index contributed by atoms with van der Waals surface area (Å²) in [4.78, 5) is 25.6. The third-order valence-electron chi connectivity index (χ3n) is 3.39. The van der Waals surface area contributed by atoms with Gasteiger partial charge < -0.3 is 10.2 Å². The smallest absolute Gasteiger partial charge is 0.246 e. The largest absolute Gasteiger partial charge is 0.343 e. The molecule has 1 N–H and O–H groups in total. The molecule has 1 fully saturated rings. The molecule has 4 nitrogen and oxygen atoms in total. The molecular formula is C15H20N2O2. The fourth-order valence-corrected chi connectivity index (χ4v) is 2.23. The van der Waals surface area contributed by atoms with Crippen molar-refractivity contribution in [1.29, 1.82) is 0 Å². The molecule has 19 heavy (non-hydrogen) atoms. The Hall–Kier alpha value is -1.84. The Morgan fingerprint density at radius 1 is 1.26 bits per heavy atom. The summed E-state index contributed by atoms with van der Waals surface area (Å²) < 4.78 is 0. The van der Waals surface area contributed by atoms with Crippen LogP contribution in [0.3, 0.4) is 0 Å². The van der Waals surface area contributed by atoms with E-state index in [-0.39, 0.29) is 24.3 Å².